The fourth-order valence-corrected chi connectivity index (χ4v) is 2.39. The van der Waals surface area contributed by atoms with E-state index in [1.807, 2.05) is 17.7 Å². The highest BCUT2D eigenvalue weighted by atomic mass is 16.4. The molecule has 1 amide bonds. The number of carbonyl (C=O) groups excluding carboxylic acids is 1. The highest BCUT2D eigenvalue weighted by Gasteiger charge is 2.30. The lowest BCUT2D eigenvalue weighted by Crippen LogP contribution is -2.29. The van der Waals surface area contributed by atoms with Crippen molar-refractivity contribution in [3.63, 3.8) is 0 Å². The average molecular weight is 265 g/mol. The van der Waals surface area contributed by atoms with E-state index in [0.29, 0.717) is 25.9 Å². The second kappa shape index (κ2) is 5.86. The number of hydrogen-bond donors (Lipinski definition) is 1. The molecule has 1 aliphatic rings. The second-order valence-electron chi connectivity index (χ2n) is 4.93. The monoisotopic (exact) mass is 265 g/mol. The summed E-state index contributed by atoms with van der Waals surface area (Å²) in [4.78, 5) is 28.6. The minimum absolute atomic E-state index is 0.0570. The average Bonchev–Trinajstić information content (AvgIpc) is 2.98. The fraction of sp³-hybridized carbons (Fsp3) is 0.615. The molecular weight excluding hydrogens is 246 g/mol. The fourth-order valence-electron chi connectivity index (χ4n) is 2.39. The van der Waals surface area contributed by atoms with Crippen molar-refractivity contribution in [2.75, 3.05) is 13.1 Å². The van der Waals surface area contributed by atoms with Gasteiger partial charge in [0.1, 0.15) is 5.82 Å². The normalized spacial score (nSPS) is 18.8. The number of hydrogen-bond acceptors (Lipinski definition) is 3. The molecule has 2 rings (SSSR count). The van der Waals surface area contributed by atoms with Gasteiger partial charge in [-0.05, 0) is 19.8 Å². The summed E-state index contributed by atoms with van der Waals surface area (Å²) in [5, 5.41) is 8.90. The van der Waals surface area contributed by atoms with Gasteiger partial charge in [-0.3, -0.25) is 9.59 Å². The van der Waals surface area contributed by atoms with Crippen LogP contribution in [0, 0.1) is 12.8 Å². The first-order valence-electron chi connectivity index (χ1n) is 6.56. The number of aryl methyl sites for hydroxylation is 2. The number of likely N-dealkylation sites (tertiary alicyclic amines) is 1. The van der Waals surface area contributed by atoms with Gasteiger partial charge >= 0.3 is 5.97 Å². The van der Waals surface area contributed by atoms with Crippen molar-refractivity contribution in [3.8, 4) is 0 Å². The standard InChI is InChI=1S/C13H19N3O3/c1-10-14-5-8-15(10)6-2-3-12(17)16-7-4-11(9-16)13(18)19/h5,8,11H,2-4,6-7,9H2,1H3,(H,18,19)/t11-/m0/s1. The van der Waals surface area contributed by atoms with Crippen molar-refractivity contribution < 1.29 is 14.7 Å². The molecule has 1 N–H and O–H groups in total. The molecule has 1 saturated heterocycles. The first-order chi connectivity index (χ1) is 9.08. The molecule has 19 heavy (non-hydrogen) atoms. The molecular formula is C13H19N3O3. The zero-order valence-electron chi connectivity index (χ0n) is 11.1. The van der Waals surface area contributed by atoms with E-state index in [0.717, 1.165) is 18.8 Å². The summed E-state index contributed by atoms with van der Waals surface area (Å²) in [6.07, 6.45) is 5.43. The van der Waals surface area contributed by atoms with E-state index in [9.17, 15) is 9.59 Å². The van der Waals surface area contributed by atoms with E-state index in [4.69, 9.17) is 5.11 Å². The van der Waals surface area contributed by atoms with Gasteiger partial charge in [-0.2, -0.15) is 0 Å². The Kier molecular flexibility index (Phi) is 4.19. The first kappa shape index (κ1) is 13.6. The van der Waals surface area contributed by atoms with E-state index in [1.165, 1.54) is 0 Å². The van der Waals surface area contributed by atoms with Crippen LogP contribution in [0.25, 0.3) is 0 Å². The highest BCUT2D eigenvalue weighted by Crippen LogP contribution is 2.17. The summed E-state index contributed by atoms with van der Waals surface area (Å²) < 4.78 is 2.01. The van der Waals surface area contributed by atoms with Crippen LogP contribution in [0.5, 0.6) is 0 Å². The van der Waals surface area contributed by atoms with E-state index < -0.39 is 5.97 Å². The Hall–Kier alpha value is -1.85. The number of aliphatic carboxylic acids is 1. The van der Waals surface area contributed by atoms with Gasteiger partial charge in [-0.15, -0.1) is 0 Å². The van der Waals surface area contributed by atoms with Gasteiger partial charge in [0, 0.05) is 38.4 Å². The number of amides is 1. The Morgan fingerprint density at radius 2 is 2.32 bits per heavy atom. The van der Waals surface area contributed by atoms with Crippen LogP contribution in [-0.4, -0.2) is 44.5 Å². The lowest BCUT2D eigenvalue weighted by Gasteiger charge is -2.15. The third kappa shape index (κ3) is 3.33. The van der Waals surface area contributed by atoms with Gasteiger partial charge in [0.15, 0.2) is 0 Å². The molecule has 0 saturated carbocycles. The van der Waals surface area contributed by atoms with Crippen LogP contribution >= 0.6 is 0 Å². The Balaban J connectivity index is 1.73. The molecule has 1 fully saturated rings. The molecule has 0 unspecified atom stereocenters. The lowest BCUT2D eigenvalue weighted by atomic mass is 10.1. The molecule has 0 aromatic carbocycles. The van der Waals surface area contributed by atoms with Gasteiger partial charge in [-0.25, -0.2) is 4.98 Å². The molecule has 0 bridgehead atoms. The topological polar surface area (TPSA) is 75.4 Å². The van der Waals surface area contributed by atoms with Crippen LogP contribution in [0.2, 0.25) is 0 Å². The number of carboxylic acid groups (broad SMARTS) is 1. The molecule has 2 heterocycles. The molecule has 0 radical (unpaired) electrons. The summed E-state index contributed by atoms with van der Waals surface area (Å²) >= 11 is 0. The van der Waals surface area contributed by atoms with Crippen LogP contribution in [0.4, 0.5) is 0 Å². The van der Waals surface area contributed by atoms with Crippen molar-refractivity contribution in [2.45, 2.75) is 32.7 Å². The van der Waals surface area contributed by atoms with E-state index in [2.05, 4.69) is 4.98 Å². The van der Waals surface area contributed by atoms with E-state index >= 15 is 0 Å². The number of aromatic nitrogens is 2. The van der Waals surface area contributed by atoms with Crippen molar-refractivity contribution >= 4 is 11.9 Å². The summed E-state index contributed by atoms with van der Waals surface area (Å²) in [5.41, 5.74) is 0. The molecule has 0 aliphatic carbocycles. The van der Waals surface area contributed by atoms with Crippen molar-refractivity contribution in [1.29, 1.82) is 0 Å². The van der Waals surface area contributed by atoms with Gasteiger partial charge in [0.25, 0.3) is 0 Å². The molecule has 1 atom stereocenters. The molecule has 0 spiro atoms. The number of imidazole rings is 1. The minimum Gasteiger partial charge on any atom is -0.481 e. The number of carbonyl (C=O) groups is 2. The third-order valence-corrected chi connectivity index (χ3v) is 3.60. The molecule has 1 aromatic heterocycles. The largest absolute Gasteiger partial charge is 0.481 e. The van der Waals surface area contributed by atoms with Crippen molar-refractivity contribution in [1.82, 2.24) is 14.5 Å². The predicted octanol–water partition coefficient (Wildman–Crippen LogP) is 0.905. The highest BCUT2D eigenvalue weighted by molar-refractivity contribution is 5.78. The minimum atomic E-state index is -0.802. The second-order valence-corrected chi connectivity index (χ2v) is 4.93. The van der Waals surface area contributed by atoms with Crippen LogP contribution < -0.4 is 0 Å². The maximum Gasteiger partial charge on any atom is 0.308 e. The number of nitrogens with zero attached hydrogens (tertiary/aromatic N) is 3. The maximum absolute atomic E-state index is 11.9. The lowest BCUT2D eigenvalue weighted by molar-refractivity contribution is -0.141. The Bertz CT molecular complexity index is 469. The van der Waals surface area contributed by atoms with Gasteiger partial charge in [-0.1, -0.05) is 0 Å². The predicted molar refractivity (Wildman–Crippen MR) is 68.5 cm³/mol. The van der Waals surface area contributed by atoms with Crippen molar-refractivity contribution in [2.24, 2.45) is 5.92 Å². The third-order valence-electron chi connectivity index (χ3n) is 3.60. The quantitative estimate of drug-likeness (QED) is 0.858. The zero-order valence-corrected chi connectivity index (χ0v) is 11.1. The van der Waals surface area contributed by atoms with E-state index in [1.54, 1.807) is 11.1 Å². The summed E-state index contributed by atoms with van der Waals surface area (Å²) in [6.45, 7) is 3.63. The first-order valence-corrected chi connectivity index (χ1v) is 6.56. The van der Waals surface area contributed by atoms with Gasteiger partial charge < -0.3 is 14.6 Å². The van der Waals surface area contributed by atoms with E-state index in [-0.39, 0.29) is 11.8 Å². The SMILES string of the molecule is Cc1nccn1CCCC(=O)N1CC[C@H](C(=O)O)C1. The van der Waals surface area contributed by atoms with Crippen LogP contribution in [0.1, 0.15) is 25.1 Å². The Morgan fingerprint density at radius 3 is 2.89 bits per heavy atom. The van der Waals surface area contributed by atoms with Crippen LogP contribution in [-0.2, 0) is 16.1 Å². The summed E-state index contributed by atoms with van der Waals surface area (Å²) in [7, 11) is 0. The Labute approximate surface area is 112 Å². The van der Waals surface area contributed by atoms with Gasteiger partial charge in [0.05, 0.1) is 5.92 Å². The molecule has 104 valence electrons. The molecule has 1 aliphatic heterocycles. The number of carboxylic acids is 1. The Morgan fingerprint density at radius 1 is 1.53 bits per heavy atom. The molecule has 6 nitrogen and oxygen atoms in total. The molecule has 6 heteroatoms. The summed E-state index contributed by atoms with van der Waals surface area (Å²) in [5.74, 6) is -0.190. The maximum atomic E-state index is 11.9. The zero-order chi connectivity index (χ0) is 13.8. The number of rotatable bonds is 5. The van der Waals surface area contributed by atoms with Crippen LogP contribution in [0.3, 0.4) is 0 Å². The van der Waals surface area contributed by atoms with Crippen molar-refractivity contribution in [3.05, 3.63) is 18.2 Å². The summed E-state index contributed by atoms with van der Waals surface area (Å²) in [6, 6.07) is 0. The van der Waals surface area contributed by atoms with Crippen LogP contribution in [0.15, 0.2) is 12.4 Å². The van der Waals surface area contributed by atoms with Gasteiger partial charge in [0.2, 0.25) is 5.91 Å². The smallest absolute Gasteiger partial charge is 0.308 e. The molecule has 1 aromatic rings.